The molecule has 0 saturated heterocycles. The van der Waals surface area contributed by atoms with Gasteiger partial charge in [-0.15, -0.1) is 0 Å². The van der Waals surface area contributed by atoms with Gasteiger partial charge in [-0.25, -0.2) is 0 Å². The maximum Gasteiger partial charge on any atom is 0.134 e. The van der Waals surface area contributed by atoms with Crippen LogP contribution >= 0.6 is 0 Å². The van der Waals surface area contributed by atoms with E-state index in [1.807, 2.05) is 19.2 Å². The molecular formula is C14H17NO. The number of hydrogen-bond donors (Lipinski definition) is 1. The van der Waals surface area contributed by atoms with Gasteiger partial charge in [0.05, 0.1) is 0 Å². The van der Waals surface area contributed by atoms with Crippen molar-refractivity contribution in [1.29, 1.82) is 0 Å². The highest BCUT2D eigenvalue weighted by atomic mass is 16.3. The molecule has 1 heterocycles. The maximum atomic E-state index is 5.92. The molecule has 0 aliphatic heterocycles. The summed E-state index contributed by atoms with van der Waals surface area (Å²) >= 11 is 0. The van der Waals surface area contributed by atoms with Crippen molar-refractivity contribution in [3.8, 4) is 0 Å². The number of para-hydroxylation sites is 1. The molecule has 16 heavy (non-hydrogen) atoms. The minimum atomic E-state index is 0.602. The largest absolute Gasteiger partial charge is 0.461 e. The number of furan rings is 1. The lowest BCUT2D eigenvalue weighted by atomic mass is 10.0. The Morgan fingerprint density at radius 1 is 1.25 bits per heavy atom. The zero-order valence-electron chi connectivity index (χ0n) is 9.57. The van der Waals surface area contributed by atoms with Gasteiger partial charge in [-0.3, -0.25) is 0 Å². The number of benzene rings is 1. The molecule has 1 aromatic carbocycles. The van der Waals surface area contributed by atoms with Crippen LogP contribution in [0, 0.1) is 0 Å². The van der Waals surface area contributed by atoms with Crippen LogP contribution in [0.5, 0.6) is 0 Å². The first-order valence-electron chi connectivity index (χ1n) is 6.02. The van der Waals surface area contributed by atoms with E-state index >= 15 is 0 Å². The summed E-state index contributed by atoms with van der Waals surface area (Å²) in [5, 5.41) is 4.58. The zero-order valence-corrected chi connectivity index (χ0v) is 9.57. The third-order valence-corrected chi connectivity index (χ3v) is 3.69. The maximum absolute atomic E-state index is 5.92. The van der Waals surface area contributed by atoms with Crippen molar-refractivity contribution >= 4 is 11.0 Å². The van der Waals surface area contributed by atoms with Gasteiger partial charge in [0.2, 0.25) is 0 Å². The predicted molar refractivity (Wildman–Crippen MR) is 65.7 cm³/mol. The molecule has 2 aromatic rings. The highest BCUT2D eigenvalue weighted by Gasteiger charge is 2.27. The molecular weight excluding hydrogens is 198 g/mol. The lowest BCUT2D eigenvalue weighted by Gasteiger charge is -2.07. The van der Waals surface area contributed by atoms with Gasteiger partial charge in [0.25, 0.3) is 0 Å². The van der Waals surface area contributed by atoms with Crippen LogP contribution in [-0.2, 0) is 0 Å². The van der Waals surface area contributed by atoms with E-state index in [1.54, 1.807) is 0 Å². The molecule has 2 atom stereocenters. The fourth-order valence-corrected chi connectivity index (χ4v) is 2.71. The molecule has 0 radical (unpaired) electrons. The second-order valence-electron chi connectivity index (χ2n) is 4.68. The van der Waals surface area contributed by atoms with E-state index in [2.05, 4.69) is 23.5 Å². The van der Waals surface area contributed by atoms with Crippen LogP contribution in [0.1, 0.15) is 30.9 Å². The Labute approximate surface area is 95.6 Å². The van der Waals surface area contributed by atoms with Gasteiger partial charge in [-0.2, -0.15) is 0 Å². The van der Waals surface area contributed by atoms with E-state index < -0.39 is 0 Å². The number of hydrogen-bond acceptors (Lipinski definition) is 2. The van der Waals surface area contributed by atoms with Crippen molar-refractivity contribution in [2.24, 2.45) is 0 Å². The molecule has 3 rings (SSSR count). The minimum Gasteiger partial charge on any atom is -0.461 e. The SMILES string of the molecule is CNC1CCC(c2cc3ccccc3o2)C1. The van der Waals surface area contributed by atoms with Gasteiger partial charge in [-0.05, 0) is 38.4 Å². The highest BCUT2D eigenvalue weighted by molar-refractivity contribution is 5.77. The van der Waals surface area contributed by atoms with Crippen LogP contribution in [0.3, 0.4) is 0 Å². The molecule has 1 aliphatic carbocycles. The molecule has 2 unspecified atom stereocenters. The summed E-state index contributed by atoms with van der Waals surface area (Å²) < 4.78 is 5.92. The molecule has 1 aromatic heterocycles. The first-order chi connectivity index (χ1) is 7.86. The molecule has 1 fully saturated rings. The lowest BCUT2D eigenvalue weighted by Crippen LogP contribution is -2.20. The van der Waals surface area contributed by atoms with E-state index in [0.29, 0.717) is 12.0 Å². The molecule has 0 spiro atoms. The van der Waals surface area contributed by atoms with Gasteiger partial charge in [0.15, 0.2) is 0 Å². The number of rotatable bonds is 2. The fourth-order valence-electron chi connectivity index (χ4n) is 2.71. The molecule has 1 N–H and O–H groups in total. The Hall–Kier alpha value is -1.28. The van der Waals surface area contributed by atoms with Gasteiger partial charge in [0.1, 0.15) is 11.3 Å². The summed E-state index contributed by atoms with van der Waals surface area (Å²) in [4.78, 5) is 0. The average molecular weight is 215 g/mol. The molecule has 0 amide bonds. The Morgan fingerprint density at radius 3 is 2.88 bits per heavy atom. The molecule has 0 bridgehead atoms. The first kappa shape index (κ1) is 9.91. The molecule has 2 nitrogen and oxygen atoms in total. The predicted octanol–water partition coefficient (Wildman–Crippen LogP) is 3.29. The normalized spacial score (nSPS) is 25.3. The fraction of sp³-hybridized carbons (Fsp3) is 0.429. The Bertz CT molecular complexity index is 455. The van der Waals surface area contributed by atoms with Crippen molar-refractivity contribution < 1.29 is 4.42 Å². The summed E-state index contributed by atoms with van der Waals surface area (Å²) in [5.74, 6) is 1.77. The summed E-state index contributed by atoms with van der Waals surface area (Å²) in [5.41, 5.74) is 1.02. The van der Waals surface area contributed by atoms with Crippen LogP contribution < -0.4 is 5.32 Å². The smallest absolute Gasteiger partial charge is 0.134 e. The summed E-state index contributed by atoms with van der Waals surface area (Å²) in [6, 6.07) is 11.1. The topological polar surface area (TPSA) is 25.2 Å². The van der Waals surface area contributed by atoms with Crippen LogP contribution in [-0.4, -0.2) is 13.1 Å². The highest BCUT2D eigenvalue weighted by Crippen LogP contribution is 2.36. The van der Waals surface area contributed by atoms with E-state index in [4.69, 9.17) is 4.42 Å². The third-order valence-electron chi connectivity index (χ3n) is 3.69. The first-order valence-corrected chi connectivity index (χ1v) is 6.02. The lowest BCUT2D eigenvalue weighted by molar-refractivity contribution is 0.483. The minimum absolute atomic E-state index is 0.602. The van der Waals surface area contributed by atoms with Gasteiger partial charge in [0, 0.05) is 17.3 Å². The Morgan fingerprint density at radius 2 is 2.12 bits per heavy atom. The number of fused-ring (bicyclic) bond motifs is 1. The molecule has 1 aliphatic rings. The standard InChI is InChI=1S/C14H17NO/c1-15-12-7-6-11(8-12)14-9-10-4-2-3-5-13(10)16-14/h2-5,9,11-12,15H,6-8H2,1H3. The Kier molecular flexibility index (Phi) is 2.44. The van der Waals surface area contributed by atoms with Crippen molar-refractivity contribution in [3.05, 3.63) is 36.1 Å². The van der Waals surface area contributed by atoms with E-state index in [1.165, 1.54) is 30.4 Å². The van der Waals surface area contributed by atoms with Crippen LogP contribution in [0.15, 0.2) is 34.7 Å². The van der Waals surface area contributed by atoms with E-state index in [-0.39, 0.29) is 0 Å². The van der Waals surface area contributed by atoms with Crippen LogP contribution in [0.4, 0.5) is 0 Å². The average Bonchev–Trinajstić information content (AvgIpc) is 2.95. The monoisotopic (exact) mass is 215 g/mol. The van der Waals surface area contributed by atoms with Crippen LogP contribution in [0.2, 0.25) is 0 Å². The van der Waals surface area contributed by atoms with E-state index in [9.17, 15) is 0 Å². The van der Waals surface area contributed by atoms with Gasteiger partial charge >= 0.3 is 0 Å². The van der Waals surface area contributed by atoms with Crippen LogP contribution in [0.25, 0.3) is 11.0 Å². The Balaban J connectivity index is 1.89. The third kappa shape index (κ3) is 1.63. The second-order valence-corrected chi connectivity index (χ2v) is 4.68. The molecule has 1 saturated carbocycles. The number of nitrogens with one attached hydrogen (secondary N) is 1. The van der Waals surface area contributed by atoms with E-state index in [0.717, 1.165) is 5.58 Å². The van der Waals surface area contributed by atoms with Crippen molar-refractivity contribution in [1.82, 2.24) is 5.32 Å². The van der Waals surface area contributed by atoms with Crippen molar-refractivity contribution in [2.75, 3.05) is 7.05 Å². The molecule has 84 valence electrons. The quantitative estimate of drug-likeness (QED) is 0.831. The second kappa shape index (κ2) is 3.95. The summed E-state index contributed by atoms with van der Waals surface area (Å²) in [7, 11) is 2.05. The van der Waals surface area contributed by atoms with Crippen molar-refractivity contribution in [2.45, 2.75) is 31.2 Å². The summed E-state index contributed by atoms with van der Waals surface area (Å²) in [6.07, 6.45) is 3.71. The van der Waals surface area contributed by atoms with Crippen molar-refractivity contribution in [3.63, 3.8) is 0 Å². The van der Waals surface area contributed by atoms with Gasteiger partial charge in [-0.1, -0.05) is 18.2 Å². The van der Waals surface area contributed by atoms with Gasteiger partial charge < -0.3 is 9.73 Å². The summed E-state index contributed by atoms with van der Waals surface area (Å²) in [6.45, 7) is 0. The molecule has 2 heteroatoms. The zero-order chi connectivity index (χ0) is 11.0.